The lowest BCUT2D eigenvalue weighted by Crippen LogP contribution is -2.51. The number of ether oxygens (including phenoxy) is 4. The molecular weight excluding hydrogens is 540 g/mol. The van der Waals surface area contributed by atoms with Crippen LogP contribution in [0.15, 0.2) is 72.8 Å². The Balaban J connectivity index is 1.78. The zero-order valence-corrected chi connectivity index (χ0v) is 25.0. The number of hydrogen-bond acceptors (Lipinski definition) is 8. The van der Waals surface area contributed by atoms with Crippen LogP contribution in [0.25, 0.3) is 0 Å². The number of esters is 2. The van der Waals surface area contributed by atoms with E-state index in [4.69, 9.17) is 18.9 Å². The molecule has 0 fully saturated rings. The van der Waals surface area contributed by atoms with Gasteiger partial charge in [0.1, 0.15) is 24.4 Å². The van der Waals surface area contributed by atoms with Gasteiger partial charge >= 0.3 is 24.1 Å². The van der Waals surface area contributed by atoms with Crippen LogP contribution in [0, 0.1) is 11.8 Å². The van der Waals surface area contributed by atoms with Crippen molar-refractivity contribution in [1.29, 1.82) is 0 Å². The van der Waals surface area contributed by atoms with Gasteiger partial charge in [0, 0.05) is 5.92 Å². The van der Waals surface area contributed by atoms with Crippen LogP contribution in [-0.2, 0) is 41.8 Å². The van der Waals surface area contributed by atoms with Crippen LogP contribution in [0.2, 0.25) is 0 Å². The van der Waals surface area contributed by atoms with Crippen LogP contribution >= 0.6 is 0 Å². The van der Waals surface area contributed by atoms with E-state index in [-0.39, 0.29) is 19.6 Å². The summed E-state index contributed by atoms with van der Waals surface area (Å²) in [6.45, 7) is 10.2. The van der Waals surface area contributed by atoms with E-state index >= 15 is 0 Å². The minimum atomic E-state index is -1.28. The van der Waals surface area contributed by atoms with Crippen LogP contribution in [0.1, 0.15) is 59.1 Å². The van der Waals surface area contributed by atoms with Gasteiger partial charge in [-0.25, -0.2) is 20.0 Å². The number of hydrogen-bond donors (Lipinski definition) is 1. The minimum Gasteiger partial charge on any atom is -0.459 e. The molecule has 0 radical (unpaired) electrons. The highest BCUT2D eigenvalue weighted by Crippen LogP contribution is 2.32. The molecule has 10 heteroatoms. The van der Waals surface area contributed by atoms with Gasteiger partial charge in [-0.15, -0.1) is 0 Å². The summed E-state index contributed by atoms with van der Waals surface area (Å²) in [5.41, 5.74) is 2.32. The van der Waals surface area contributed by atoms with Gasteiger partial charge in [-0.2, -0.15) is 0 Å². The molecule has 226 valence electrons. The molecule has 1 aliphatic carbocycles. The van der Waals surface area contributed by atoms with E-state index in [1.54, 1.807) is 78.0 Å². The molecule has 2 atom stereocenters. The predicted octanol–water partition coefficient (Wildman–Crippen LogP) is 5.71. The van der Waals surface area contributed by atoms with Crippen molar-refractivity contribution in [3.63, 3.8) is 0 Å². The molecule has 2 aromatic carbocycles. The summed E-state index contributed by atoms with van der Waals surface area (Å²) in [4.78, 5) is 52.4. The third-order valence-electron chi connectivity index (χ3n) is 6.00. The van der Waals surface area contributed by atoms with E-state index in [1.807, 2.05) is 36.4 Å². The quantitative estimate of drug-likeness (QED) is 0.139. The summed E-state index contributed by atoms with van der Waals surface area (Å²) in [6.07, 6.45) is 1.69. The SMILES string of the molecule is CC(C)(C)OC(=O)C(C(=O)OC(C)(C)C)[C@@H]1C=C[C@H](N(NC(=O)OCc2ccccc2)C(=O)OCc2ccccc2)C1. The van der Waals surface area contributed by atoms with Gasteiger partial charge < -0.3 is 18.9 Å². The first-order valence-corrected chi connectivity index (χ1v) is 13.8. The summed E-state index contributed by atoms with van der Waals surface area (Å²) >= 11 is 0. The van der Waals surface area contributed by atoms with Crippen molar-refractivity contribution in [2.75, 3.05) is 0 Å². The van der Waals surface area contributed by atoms with Gasteiger partial charge in [-0.1, -0.05) is 72.8 Å². The fourth-order valence-corrected chi connectivity index (χ4v) is 4.23. The van der Waals surface area contributed by atoms with Gasteiger partial charge in [-0.3, -0.25) is 9.59 Å². The van der Waals surface area contributed by atoms with Crippen molar-refractivity contribution in [2.24, 2.45) is 11.8 Å². The number of hydrazine groups is 1. The second kappa shape index (κ2) is 14.0. The van der Waals surface area contributed by atoms with E-state index in [2.05, 4.69) is 5.43 Å². The summed E-state index contributed by atoms with van der Waals surface area (Å²) in [6, 6.07) is 17.4. The average molecular weight is 581 g/mol. The standard InChI is InChI=1S/C32H40N2O8/c1-31(2,3)41-27(35)26(28(36)42-32(4,5)6)24-17-18-25(19-24)34(30(38)40-21-23-15-11-8-12-16-23)33-29(37)39-20-22-13-9-7-10-14-22/h7-18,24-26H,19-21H2,1-6H3,(H,33,37)/t24-,25+/m1/s1. The lowest BCUT2D eigenvalue weighted by atomic mass is 9.90. The lowest BCUT2D eigenvalue weighted by Gasteiger charge is -2.30. The maximum atomic E-state index is 13.2. The molecule has 3 rings (SSSR count). The van der Waals surface area contributed by atoms with Gasteiger partial charge in [0.05, 0.1) is 6.04 Å². The summed E-state index contributed by atoms with van der Waals surface area (Å²) in [5, 5.41) is 1.01. The van der Waals surface area contributed by atoms with E-state index in [0.29, 0.717) is 0 Å². The number of allylic oxidation sites excluding steroid dienone is 1. The number of carbonyl (C=O) groups is 4. The second-order valence-electron chi connectivity index (χ2n) is 12.0. The molecule has 0 heterocycles. The van der Waals surface area contributed by atoms with Crippen molar-refractivity contribution < 1.29 is 38.1 Å². The lowest BCUT2D eigenvalue weighted by molar-refractivity contribution is -0.176. The first-order valence-electron chi connectivity index (χ1n) is 13.8. The van der Waals surface area contributed by atoms with E-state index < -0.39 is 53.2 Å². The Labute approximate surface area is 246 Å². The fourth-order valence-electron chi connectivity index (χ4n) is 4.23. The van der Waals surface area contributed by atoms with Crippen LogP contribution in [-0.4, -0.2) is 46.4 Å². The smallest absolute Gasteiger partial charge is 0.429 e. The first kappa shape index (κ1) is 32.2. The Kier molecular flexibility index (Phi) is 10.7. The van der Waals surface area contributed by atoms with Gasteiger partial charge in [0.25, 0.3) is 0 Å². The topological polar surface area (TPSA) is 120 Å². The number of nitrogens with zero attached hydrogens (tertiary/aromatic N) is 1. The zero-order valence-electron chi connectivity index (χ0n) is 25.0. The third-order valence-corrected chi connectivity index (χ3v) is 6.00. The number of rotatable bonds is 8. The maximum Gasteiger partial charge on any atom is 0.429 e. The van der Waals surface area contributed by atoms with Crippen molar-refractivity contribution in [1.82, 2.24) is 10.4 Å². The summed E-state index contributed by atoms with van der Waals surface area (Å²) < 4.78 is 21.9. The van der Waals surface area contributed by atoms with E-state index in [1.165, 1.54) is 0 Å². The molecule has 0 saturated carbocycles. The molecule has 42 heavy (non-hydrogen) atoms. The molecule has 1 aliphatic rings. The highest BCUT2D eigenvalue weighted by Gasteiger charge is 2.44. The summed E-state index contributed by atoms with van der Waals surface area (Å²) in [7, 11) is 0. The van der Waals surface area contributed by atoms with Gasteiger partial charge in [0.15, 0.2) is 5.92 Å². The Morgan fingerprint density at radius 3 is 1.71 bits per heavy atom. The van der Waals surface area contributed by atoms with Crippen LogP contribution in [0.3, 0.4) is 0 Å². The van der Waals surface area contributed by atoms with Crippen molar-refractivity contribution in [2.45, 2.75) is 78.4 Å². The van der Waals surface area contributed by atoms with Crippen LogP contribution in [0.4, 0.5) is 9.59 Å². The number of nitrogens with one attached hydrogen (secondary N) is 1. The first-order chi connectivity index (χ1) is 19.7. The molecule has 1 N–H and O–H groups in total. The molecule has 0 bridgehead atoms. The van der Waals surface area contributed by atoms with Crippen molar-refractivity contribution >= 4 is 24.1 Å². The maximum absolute atomic E-state index is 13.2. The molecule has 2 aromatic rings. The van der Waals surface area contributed by atoms with Gasteiger partial charge in [0.2, 0.25) is 0 Å². The van der Waals surface area contributed by atoms with Crippen molar-refractivity contribution in [3.8, 4) is 0 Å². The third kappa shape index (κ3) is 10.2. The Bertz CT molecular complexity index is 1220. The zero-order chi connectivity index (χ0) is 30.9. The fraction of sp³-hybridized carbons (Fsp3) is 0.438. The molecular formula is C32H40N2O8. The molecule has 0 saturated heterocycles. The predicted molar refractivity (Wildman–Crippen MR) is 154 cm³/mol. The number of amides is 2. The normalized spacial score (nSPS) is 16.5. The summed E-state index contributed by atoms with van der Waals surface area (Å²) in [5.74, 6) is -3.43. The van der Waals surface area contributed by atoms with Crippen molar-refractivity contribution in [3.05, 3.63) is 83.9 Å². The molecule has 0 unspecified atom stereocenters. The van der Waals surface area contributed by atoms with E-state index in [0.717, 1.165) is 16.1 Å². The molecule has 0 aliphatic heterocycles. The second-order valence-corrected chi connectivity index (χ2v) is 12.0. The van der Waals surface area contributed by atoms with Crippen LogP contribution in [0.5, 0.6) is 0 Å². The largest absolute Gasteiger partial charge is 0.459 e. The van der Waals surface area contributed by atoms with Gasteiger partial charge in [-0.05, 0) is 59.1 Å². The Morgan fingerprint density at radius 1 is 0.762 bits per heavy atom. The number of benzene rings is 2. The number of carbonyl (C=O) groups excluding carboxylic acids is 4. The monoisotopic (exact) mass is 580 g/mol. The highest BCUT2D eigenvalue weighted by atomic mass is 16.6. The Hall–Kier alpha value is -4.34. The molecule has 0 aromatic heterocycles. The average Bonchev–Trinajstić information content (AvgIpc) is 3.37. The minimum absolute atomic E-state index is 0.0118. The Morgan fingerprint density at radius 2 is 1.24 bits per heavy atom. The molecule has 2 amide bonds. The molecule has 0 spiro atoms. The highest BCUT2D eigenvalue weighted by molar-refractivity contribution is 5.96. The van der Waals surface area contributed by atoms with E-state index in [9.17, 15) is 19.2 Å². The molecule has 10 nitrogen and oxygen atoms in total. The van der Waals surface area contributed by atoms with Crippen LogP contribution < -0.4 is 5.43 Å².